The lowest BCUT2D eigenvalue weighted by Crippen LogP contribution is -2.11. The second-order valence-corrected chi connectivity index (χ2v) is 2.97. The number of rotatable bonds is 4. The molecule has 1 unspecified atom stereocenters. The van der Waals surface area contributed by atoms with Gasteiger partial charge in [0.1, 0.15) is 6.17 Å². The Morgan fingerprint density at radius 1 is 1.50 bits per heavy atom. The van der Waals surface area contributed by atoms with Gasteiger partial charge in [-0.1, -0.05) is 0 Å². The minimum atomic E-state index is -0.940. The van der Waals surface area contributed by atoms with Gasteiger partial charge in [-0.2, -0.15) is 0 Å². The first-order chi connectivity index (χ1) is 6.59. The van der Waals surface area contributed by atoms with Gasteiger partial charge in [-0.15, -0.1) is 0 Å². The van der Waals surface area contributed by atoms with Crippen LogP contribution in [0.5, 0.6) is 0 Å². The predicted molar refractivity (Wildman–Crippen MR) is 52.2 cm³/mol. The first kappa shape index (κ1) is 10.4. The standard InChI is InChI=1S/C9H11FN2O2/c1-7(10)6-11-8-2-4-9(5-3-8)12(13)14/h2-5,7,11H,6H2,1H3. The van der Waals surface area contributed by atoms with E-state index in [2.05, 4.69) is 5.32 Å². The van der Waals surface area contributed by atoms with Gasteiger partial charge in [-0.05, 0) is 19.1 Å². The molecule has 0 amide bonds. The van der Waals surface area contributed by atoms with Crippen molar-refractivity contribution < 1.29 is 9.31 Å². The van der Waals surface area contributed by atoms with Crippen LogP contribution < -0.4 is 5.32 Å². The van der Waals surface area contributed by atoms with Crippen molar-refractivity contribution in [2.24, 2.45) is 0 Å². The molecule has 76 valence electrons. The van der Waals surface area contributed by atoms with Gasteiger partial charge in [-0.25, -0.2) is 4.39 Å². The lowest BCUT2D eigenvalue weighted by molar-refractivity contribution is -0.384. The van der Waals surface area contributed by atoms with E-state index in [0.717, 1.165) is 0 Å². The number of halogens is 1. The predicted octanol–water partition coefficient (Wildman–Crippen LogP) is 2.36. The van der Waals surface area contributed by atoms with Gasteiger partial charge in [0.05, 0.1) is 4.92 Å². The summed E-state index contributed by atoms with van der Waals surface area (Å²) in [5, 5.41) is 13.1. The van der Waals surface area contributed by atoms with E-state index in [9.17, 15) is 14.5 Å². The number of nitro groups is 1. The number of non-ortho nitro benzene ring substituents is 1. The molecule has 1 atom stereocenters. The Hall–Kier alpha value is -1.65. The highest BCUT2D eigenvalue weighted by molar-refractivity contribution is 5.48. The summed E-state index contributed by atoms with van der Waals surface area (Å²) in [5.74, 6) is 0. The molecule has 0 spiro atoms. The molecular weight excluding hydrogens is 187 g/mol. The summed E-state index contributed by atoms with van der Waals surface area (Å²) < 4.78 is 12.4. The highest BCUT2D eigenvalue weighted by Gasteiger charge is 2.04. The Balaban J connectivity index is 2.60. The maximum atomic E-state index is 12.4. The van der Waals surface area contributed by atoms with Crippen LogP contribution in [0.3, 0.4) is 0 Å². The number of hydrogen-bond donors (Lipinski definition) is 1. The summed E-state index contributed by atoms with van der Waals surface area (Å²) in [6.45, 7) is 1.65. The summed E-state index contributed by atoms with van der Waals surface area (Å²) >= 11 is 0. The Labute approximate surface area is 80.9 Å². The first-order valence-electron chi connectivity index (χ1n) is 4.22. The van der Waals surface area contributed by atoms with Crippen molar-refractivity contribution in [3.63, 3.8) is 0 Å². The topological polar surface area (TPSA) is 55.2 Å². The third kappa shape index (κ3) is 3.01. The number of anilines is 1. The fraction of sp³-hybridized carbons (Fsp3) is 0.333. The fourth-order valence-corrected chi connectivity index (χ4v) is 0.959. The second-order valence-electron chi connectivity index (χ2n) is 2.97. The Kier molecular flexibility index (Phi) is 3.39. The van der Waals surface area contributed by atoms with Crippen LogP contribution in [-0.2, 0) is 0 Å². The van der Waals surface area contributed by atoms with E-state index >= 15 is 0 Å². The summed E-state index contributed by atoms with van der Waals surface area (Å²) in [6.07, 6.45) is -0.940. The summed E-state index contributed by atoms with van der Waals surface area (Å²) in [7, 11) is 0. The van der Waals surface area contributed by atoms with E-state index < -0.39 is 11.1 Å². The molecule has 0 aliphatic carbocycles. The first-order valence-corrected chi connectivity index (χ1v) is 4.22. The zero-order chi connectivity index (χ0) is 10.6. The molecule has 1 aromatic rings. The molecule has 0 aromatic heterocycles. The number of benzene rings is 1. The maximum absolute atomic E-state index is 12.4. The van der Waals surface area contributed by atoms with Gasteiger partial charge in [0.15, 0.2) is 0 Å². The lowest BCUT2D eigenvalue weighted by atomic mass is 10.3. The Bertz CT molecular complexity index is 311. The third-order valence-electron chi connectivity index (χ3n) is 1.67. The van der Waals surface area contributed by atoms with Crippen LogP contribution in [0.4, 0.5) is 15.8 Å². The molecular formula is C9H11FN2O2. The van der Waals surface area contributed by atoms with Gasteiger partial charge >= 0.3 is 0 Å². The van der Waals surface area contributed by atoms with Crippen LogP contribution in [-0.4, -0.2) is 17.6 Å². The molecule has 14 heavy (non-hydrogen) atoms. The van der Waals surface area contributed by atoms with Crippen molar-refractivity contribution in [3.8, 4) is 0 Å². The minimum Gasteiger partial charge on any atom is -0.382 e. The van der Waals surface area contributed by atoms with Crippen LogP contribution in [0.25, 0.3) is 0 Å². The van der Waals surface area contributed by atoms with Gasteiger partial charge in [0, 0.05) is 24.4 Å². The van der Waals surface area contributed by atoms with Gasteiger partial charge in [0.2, 0.25) is 0 Å². The molecule has 5 heteroatoms. The molecule has 1 rings (SSSR count). The van der Waals surface area contributed by atoms with Crippen LogP contribution >= 0.6 is 0 Å². The molecule has 0 aliphatic heterocycles. The van der Waals surface area contributed by atoms with Crippen molar-refractivity contribution in [1.29, 1.82) is 0 Å². The van der Waals surface area contributed by atoms with E-state index in [4.69, 9.17) is 0 Å². The molecule has 0 bridgehead atoms. The van der Waals surface area contributed by atoms with Gasteiger partial charge in [0.25, 0.3) is 5.69 Å². The van der Waals surface area contributed by atoms with Crippen molar-refractivity contribution in [2.75, 3.05) is 11.9 Å². The quantitative estimate of drug-likeness (QED) is 0.596. The number of hydrogen-bond acceptors (Lipinski definition) is 3. The van der Waals surface area contributed by atoms with E-state index in [1.54, 1.807) is 12.1 Å². The molecule has 0 saturated heterocycles. The van der Waals surface area contributed by atoms with E-state index in [1.165, 1.54) is 19.1 Å². The zero-order valence-electron chi connectivity index (χ0n) is 7.74. The van der Waals surface area contributed by atoms with Gasteiger partial charge in [-0.3, -0.25) is 10.1 Å². The highest BCUT2D eigenvalue weighted by atomic mass is 19.1. The maximum Gasteiger partial charge on any atom is 0.269 e. The molecule has 0 fully saturated rings. The van der Waals surface area contributed by atoms with Crippen LogP contribution in [0, 0.1) is 10.1 Å². The Morgan fingerprint density at radius 2 is 2.07 bits per heavy atom. The largest absolute Gasteiger partial charge is 0.382 e. The number of nitro benzene ring substituents is 1. The number of nitrogens with zero attached hydrogens (tertiary/aromatic N) is 1. The molecule has 0 radical (unpaired) electrons. The van der Waals surface area contributed by atoms with E-state index in [-0.39, 0.29) is 12.2 Å². The highest BCUT2D eigenvalue weighted by Crippen LogP contribution is 2.15. The van der Waals surface area contributed by atoms with E-state index in [1.807, 2.05) is 0 Å². The van der Waals surface area contributed by atoms with Crippen molar-refractivity contribution in [1.82, 2.24) is 0 Å². The third-order valence-corrected chi connectivity index (χ3v) is 1.67. The second kappa shape index (κ2) is 4.55. The molecule has 0 saturated carbocycles. The monoisotopic (exact) mass is 198 g/mol. The van der Waals surface area contributed by atoms with Crippen molar-refractivity contribution >= 4 is 11.4 Å². The van der Waals surface area contributed by atoms with Crippen LogP contribution in [0.2, 0.25) is 0 Å². The number of alkyl halides is 1. The molecule has 4 nitrogen and oxygen atoms in total. The van der Waals surface area contributed by atoms with Crippen LogP contribution in [0.1, 0.15) is 6.92 Å². The van der Waals surface area contributed by atoms with E-state index in [0.29, 0.717) is 5.69 Å². The summed E-state index contributed by atoms with van der Waals surface area (Å²) in [6, 6.07) is 5.87. The van der Waals surface area contributed by atoms with Crippen molar-refractivity contribution in [3.05, 3.63) is 34.4 Å². The summed E-state index contributed by atoms with van der Waals surface area (Å²) in [5.41, 5.74) is 0.712. The van der Waals surface area contributed by atoms with Gasteiger partial charge < -0.3 is 5.32 Å². The minimum absolute atomic E-state index is 0.0313. The fourth-order valence-electron chi connectivity index (χ4n) is 0.959. The normalized spacial score (nSPS) is 12.1. The molecule has 1 aromatic carbocycles. The average molecular weight is 198 g/mol. The number of nitrogens with one attached hydrogen (secondary N) is 1. The molecule has 0 aliphatic rings. The lowest BCUT2D eigenvalue weighted by Gasteiger charge is -2.05. The van der Waals surface area contributed by atoms with Crippen LogP contribution in [0.15, 0.2) is 24.3 Å². The summed E-state index contributed by atoms with van der Waals surface area (Å²) in [4.78, 5) is 9.83. The Morgan fingerprint density at radius 3 is 2.50 bits per heavy atom. The average Bonchev–Trinajstić information content (AvgIpc) is 2.15. The smallest absolute Gasteiger partial charge is 0.269 e. The SMILES string of the molecule is CC(F)CNc1ccc([N+](=O)[O-])cc1. The van der Waals surface area contributed by atoms with Crippen molar-refractivity contribution in [2.45, 2.75) is 13.1 Å². The molecule has 1 N–H and O–H groups in total. The molecule has 0 heterocycles. The zero-order valence-corrected chi connectivity index (χ0v) is 7.74.